The second-order valence-electron chi connectivity index (χ2n) is 8.61. The van der Waals surface area contributed by atoms with Gasteiger partial charge in [-0.3, -0.25) is 23.4 Å². The molecule has 2 fully saturated rings. The molecule has 3 heterocycles. The molecule has 35 heavy (non-hydrogen) atoms. The third-order valence-electron chi connectivity index (χ3n) is 5.55. The average molecular weight is 546 g/mol. The molecule has 0 spiro atoms. The molecule has 0 amide bonds. The van der Waals surface area contributed by atoms with Crippen LogP contribution in [0.2, 0.25) is 0 Å². The first-order chi connectivity index (χ1) is 16.0. The smallest absolute Gasteiger partial charge is 0.390 e. The number of hydrogen-bond donors (Lipinski definition) is 6. The zero-order valence-electron chi connectivity index (χ0n) is 18.9. The number of nitrogens with one attached hydrogen (secondary N) is 1. The molecule has 1 aromatic rings. The van der Waals surface area contributed by atoms with Crippen molar-refractivity contribution in [1.82, 2.24) is 9.55 Å². The molecule has 2 saturated heterocycles. The minimum Gasteiger partial charge on any atom is -0.390 e. The van der Waals surface area contributed by atoms with Crippen molar-refractivity contribution in [3.05, 3.63) is 32.6 Å². The Morgan fingerprint density at radius 1 is 1.23 bits per heavy atom. The number of aromatic nitrogens is 2. The molecule has 3 rings (SSSR count). The summed E-state index contributed by atoms with van der Waals surface area (Å²) in [6, 6.07) is 0. The van der Waals surface area contributed by atoms with E-state index in [2.05, 4.69) is 13.8 Å². The lowest BCUT2D eigenvalue weighted by molar-refractivity contribution is -0.251. The molecule has 0 bridgehead atoms. The third kappa shape index (κ3) is 6.95. The lowest BCUT2D eigenvalue weighted by Gasteiger charge is -2.41. The van der Waals surface area contributed by atoms with Crippen LogP contribution >= 0.6 is 15.6 Å². The SMILES string of the molecule is Cc1cn([C@H]2C[C@H](O)[C@@H](COP(=O)(O)OP(=O)(O)O[C@@H]3C[C@@](C)(O)[C@@H](O)[C@H](C)O3)O2)c(=O)[nH]c1=O. The van der Waals surface area contributed by atoms with E-state index in [0.29, 0.717) is 0 Å². The van der Waals surface area contributed by atoms with Gasteiger partial charge in [0, 0.05) is 24.6 Å². The Morgan fingerprint density at radius 2 is 1.89 bits per heavy atom. The van der Waals surface area contributed by atoms with Gasteiger partial charge in [0.25, 0.3) is 5.56 Å². The molecular formula is C17H28N2O14P2. The van der Waals surface area contributed by atoms with E-state index in [1.165, 1.54) is 27.0 Å². The van der Waals surface area contributed by atoms with E-state index in [1.807, 2.05) is 0 Å². The van der Waals surface area contributed by atoms with Gasteiger partial charge in [-0.25, -0.2) is 13.9 Å². The molecule has 1 aromatic heterocycles. The van der Waals surface area contributed by atoms with Crippen LogP contribution in [0.4, 0.5) is 0 Å². The van der Waals surface area contributed by atoms with Gasteiger partial charge in [-0.15, -0.1) is 0 Å². The van der Waals surface area contributed by atoms with E-state index < -0.39 is 82.5 Å². The van der Waals surface area contributed by atoms with Gasteiger partial charge in [0.2, 0.25) is 0 Å². The zero-order chi connectivity index (χ0) is 26.3. The highest BCUT2D eigenvalue weighted by Crippen LogP contribution is 2.61. The van der Waals surface area contributed by atoms with Crippen molar-refractivity contribution in [2.24, 2.45) is 0 Å². The lowest BCUT2D eigenvalue weighted by Crippen LogP contribution is -2.54. The molecular weight excluding hydrogens is 518 g/mol. The number of ether oxygens (including phenoxy) is 2. The molecule has 2 aliphatic rings. The van der Waals surface area contributed by atoms with Crippen LogP contribution in [0.3, 0.4) is 0 Å². The zero-order valence-corrected chi connectivity index (χ0v) is 20.7. The van der Waals surface area contributed by atoms with Gasteiger partial charge in [0.05, 0.1) is 24.4 Å². The van der Waals surface area contributed by atoms with Gasteiger partial charge in [-0.05, 0) is 20.8 Å². The monoisotopic (exact) mass is 546 g/mol. The van der Waals surface area contributed by atoms with Gasteiger partial charge < -0.3 is 34.6 Å². The number of aliphatic hydroxyl groups is 3. The van der Waals surface area contributed by atoms with E-state index >= 15 is 0 Å². The number of rotatable bonds is 8. The minimum absolute atomic E-state index is 0.124. The van der Waals surface area contributed by atoms with Crippen LogP contribution in [0, 0.1) is 6.92 Å². The topological polar surface area (TPSA) is 236 Å². The predicted octanol–water partition coefficient (Wildman–Crippen LogP) is -1.01. The predicted molar refractivity (Wildman–Crippen MR) is 114 cm³/mol. The summed E-state index contributed by atoms with van der Waals surface area (Å²) >= 11 is 0. The fourth-order valence-corrected chi connectivity index (χ4v) is 5.86. The summed E-state index contributed by atoms with van der Waals surface area (Å²) in [5.41, 5.74) is -2.91. The van der Waals surface area contributed by atoms with E-state index in [1.54, 1.807) is 0 Å². The summed E-state index contributed by atoms with van der Waals surface area (Å²) < 4.78 is 49.7. The van der Waals surface area contributed by atoms with Gasteiger partial charge in [0.1, 0.15) is 18.4 Å². The number of nitrogens with zero attached hydrogens (tertiary/aromatic N) is 1. The first-order valence-electron chi connectivity index (χ1n) is 10.4. The first kappa shape index (κ1) is 28.3. The Kier molecular flexibility index (Phi) is 8.29. The summed E-state index contributed by atoms with van der Waals surface area (Å²) in [7, 11) is -10.5. The van der Waals surface area contributed by atoms with Crippen LogP contribution in [-0.2, 0) is 32.0 Å². The molecule has 0 saturated carbocycles. The Morgan fingerprint density at radius 3 is 2.51 bits per heavy atom. The molecule has 6 N–H and O–H groups in total. The maximum atomic E-state index is 12.2. The Hall–Kier alpha value is -1.26. The second-order valence-corrected chi connectivity index (χ2v) is 11.6. The summed E-state index contributed by atoms with van der Waals surface area (Å²) in [6.45, 7) is 3.30. The molecule has 18 heteroatoms. The number of aliphatic hydroxyl groups excluding tert-OH is 2. The standard InChI is InChI=1S/C17H28N2O14P2/c1-8-6-19(16(23)18-15(8)22)12-4-10(20)11(31-12)7-29-34(25,26)33-35(27,28)32-13-5-17(3,24)14(21)9(2)30-13/h6,9-14,20-21,24H,4-5,7H2,1-3H3,(H,25,26)(H,27,28)(H,18,22,23)/t9-,10-,11+,12+,13+,14-,17+/m0/s1. The van der Waals surface area contributed by atoms with E-state index in [4.69, 9.17) is 14.0 Å². The Balaban J connectivity index is 1.58. The highest BCUT2D eigenvalue weighted by molar-refractivity contribution is 7.61. The van der Waals surface area contributed by atoms with Crippen molar-refractivity contribution in [2.45, 2.75) is 76.1 Å². The number of phosphoric ester groups is 2. The van der Waals surface area contributed by atoms with Gasteiger partial charge >= 0.3 is 21.3 Å². The van der Waals surface area contributed by atoms with E-state index in [-0.39, 0.29) is 12.0 Å². The highest BCUT2D eigenvalue weighted by atomic mass is 31.3. The Labute approximate surface area is 198 Å². The van der Waals surface area contributed by atoms with Crippen molar-refractivity contribution in [3.8, 4) is 0 Å². The summed E-state index contributed by atoms with van der Waals surface area (Å²) in [4.78, 5) is 45.3. The average Bonchev–Trinajstić information content (AvgIpc) is 3.06. The summed E-state index contributed by atoms with van der Waals surface area (Å²) in [5, 5.41) is 30.2. The van der Waals surface area contributed by atoms with Crippen LogP contribution in [0.15, 0.2) is 15.8 Å². The summed E-state index contributed by atoms with van der Waals surface area (Å²) in [5.74, 6) is 0. The van der Waals surface area contributed by atoms with Crippen LogP contribution in [0.1, 0.15) is 38.5 Å². The molecule has 0 aromatic carbocycles. The number of H-pyrrole nitrogens is 1. The van der Waals surface area contributed by atoms with Gasteiger partial charge in [-0.1, -0.05) is 0 Å². The van der Waals surface area contributed by atoms with Crippen LogP contribution in [0.5, 0.6) is 0 Å². The van der Waals surface area contributed by atoms with Crippen molar-refractivity contribution in [3.63, 3.8) is 0 Å². The van der Waals surface area contributed by atoms with Gasteiger partial charge in [-0.2, -0.15) is 4.31 Å². The molecule has 9 atom stereocenters. The van der Waals surface area contributed by atoms with E-state index in [0.717, 1.165) is 4.57 Å². The van der Waals surface area contributed by atoms with Crippen molar-refractivity contribution in [1.29, 1.82) is 0 Å². The number of aryl methyl sites for hydroxylation is 1. The number of aromatic amines is 1. The lowest BCUT2D eigenvalue weighted by atomic mass is 9.89. The second kappa shape index (κ2) is 10.2. The molecule has 2 aliphatic heterocycles. The molecule has 0 aliphatic carbocycles. The van der Waals surface area contributed by atoms with E-state index in [9.17, 15) is 43.8 Å². The molecule has 2 unspecified atom stereocenters. The number of phosphoric acid groups is 2. The third-order valence-corrected chi connectivity index (χ3v) is 8.18. The molecule has 16 nitrogen and oxygen atoms in total. The quantitative estimate of drug-likeness (QED) is 0.214. The van der Waals surface area contributed by atoms with Crippen molar-refractivity contribution in [2.75, 3.05) is 6.61 Å². The van der Waals surface area contributed by atoms with Crippen LogP contribution < -0.4 is 11.2 Å². The first-order valence-corrected chi connectivity index (χ1v) is 13.4. The normalized spacial score (nSPS) is 37.0. The van der Waals surface area contributed by atoms with Crippen molar-refractivity contribution >= 4 is 15.6 Å². The molecule has 200 valence electrons. The van der Waals surface area contributed by atoms with Crippen LogP contribution in [-0.4, -0.2) is 77.6 Å². The maximum Gasteiger partial charge on any atom is 0.483 e. The van der Waals surface area contributed by atoms with Gasteiger partial charge in [0.15, 0.2) is 6.29 Å². The highest BCUT2D eigenvalue weighted by Gasteiger charge is 2.47. The fourth-order valence-electron chi connectivity index (χ4n) is 3.71. The Bertz CT molecular complexity index is 1130. The number of hydrogen-bond acceptors (Lipinski definition) is 12. The minimum atomic E-state index is -5.28. The largest absolute Gasteiger partial charge is 0.483 e. The summed E-state index contributed by atoms with van der Waals surface area (Å²) in [6.07, 6.45) is -6.73. The van der Waals surface area contributed by atoms with Crippen LogP contribution in [0.25, 0.3) is 0 Å². The fraction of sp³-hybridized carbons (Fsp3) is 0.765. The van der Waals surface area contributed by atoms with Crippen molar-refractivity contribution < 1.29 is 57.1 Å². The molecule has 0 radical (unpaired) electrons. The maximum absolute atomic E-state index is 12.2.